The summed E-state index contributed by atoms with van der Waals surface area (Å²) in [7, 11) is 0. The number of anilines is 1. The molecule has 0 aliphatic carbocycles. The number of hydrogen-bond acceptors (Lipinski definition) is 8. The van der Waals surface area contributed by atoms with E-state index in [0.717, 1.165) is 12.8 Å². The minimum atomic E-state index is -0.990. The molecule has 7 amide bonds. The van der Waals surface area contributed by atoms with Gasteiger partial charge in [0.05, 0.1) is 13.2 Å². The molecule has 0 unspecified atom stereocenters. The maximum absolute atomic E-state index is 13.3. The summed E-state index contributed by atoms with van der Waals surface area (Å²) in [6.45, 7) is 5.48. The maximum Gasteiger partial charge on any atom is 0.312 e. The van der Waals surface area contributed by atoms with Crippen LogP contribution in [0.5, 0.6) is 5.75 Å². The molecule has 1 heterocycles. The van der Waals surface area contributed by atoms with Crippen molar-refractivity contribution in [1.29, 1.82) is 0 Å². The van der Waals surface area contributed by atoms with Gasteiger partial charge >= 0.3 is 6.03 Å². The number of aliphatic hydroxyl groups excluding tert-OH is 1. The molecule has 0 spiro atoms. The first-order valence-corrected chi connectivity index (χ1v) is 14.7. The largest absolute Gasteiger partial charge is 0.493 e. The van der Waals surface area contributed by atoms with E-state index >= 15 is 0 Å². The van der Waals surface area contributed by atoms with Gasteiger partial charge in [-0.3, -0.25) is 28.9 Å². The fourth-order valence-corrected chi connectivity index (χ4v) is 4.49. The van der Waals surface area contributed by atoms with Crippen molar-refractivity contribution in [3.63, 3.8) is 0 Å². The summed E-state index contributed by atoms with van der Waals surface area (Å²) in [5.74, 6) is -1.85. The Balaban J connectivity index is 1.98. The average Bonchev–Trinajstić information content (AvgIpc) is 3.28. The van der Waals surface area contributed by atoms with E-state index in [2.05, 4.69) is 21.3 Å². The van der Waals surface area contributed by atoms with Gasteiger partial charge in [0.1, 0.15) is 17.8 Å². The van der Waals surface area contributed by atoms with Crippen molar-refractivity contribution in [2.75, 3.05) is 25.0 Å². The lowest BCUT2D eigenvalue weighted by Crippen LogP contribution is -2.54. The van der Waals surface area contributed by atoms with Crippen LogP contribution in [-0.2, 0) is 30.6 Å². The number of aliphatic hydroxyl groups is 1. The molecule has 1 aromatic rings. The second-order valence-corrected chi connectivity index (χ2v) is 10.8. The first-order chi connectivity index (χ1) is 20.9. The number of nitrogens with zero attached hydrogens (tertiary/aromatic N) is 1. The molecule has 7 N–H and O–H groups in total. The maximum atomic E-state index is 13.3. The number of hydrogen-bond donors (Lipinski definition) is 6. The fourth-order valence-electron chi connectivity index (χ4n) is 4.49. The normalized spacial score (nSPS) is 13.9. The van der Waals surface area contributed by atoms with Crippen molar-refractivity contribution in [2.45, 2.75) is 78.0 Å². The highest BCUT2D eigenvalue weighted by Crippen LogP contribution is 2.24. The SMILES string of the molecule is CC(=O)N[C@H](C(=O)N[C@@H](CCCNC(N)=O)C(=O)Nc1ccc(CO)c(OCCCCCCN2C(=O)C=CC2=O)c1)C(C)C. The number of amides is 7. The van der Waals surface area contributed by atoms with Crippen LogP contribution in [0.3, 0.4) is 0 Å². The van der Waals surface area contributed by atoms with Crippen LogP contribution in [0.15, 0.2) is 30.4 Å². The van der Waals surface area contributed by atoms with E-state index in [4.69, 9.17) is 10.5 Å². The Labute approximate surface area is 257 Å². The van der Waals surface area contributed by atoms with Crippen LogP contribution in [0.25, 0.3) is 0 Å². The number of carbonyl (C=O) groups is 6. The highest BCUT2D eigenvalue weighted by atomic mass is 16.5. The summed E-state index contributed by atoms with van der Waals surface area (Å²) in [6.07, 6.45) is 6.03. The van der Waals surface area contributed by atoms with Crippen molar-refractivity contribution in [2.24, 2.45) is 11.7 Å². The van der Waals surface area contributed by atoms with Gasteiger partial charge in [-0.05, 0) is 37.7 Å². The quantitative estimate of drug-likeness (QED) is 0.0976. The number of urea groups is 1. The summed E-state index contributed by atoms with van der Waals surface area (Å²) in [5, 5.41) is 20.3. The molecule has 1 aromatic carbocycles. The number of nitrogens with two attached hydrogens (primary N) is 1. The lowest BCUT2D eigenvalue weighted by atomic mass is 10.0. The predicted molar refractivity (Wildman–Crippen MR) is 162 cm³/mol. The van der Waals surface area contributed by atoms with Crippen LogP contribution in [-0.4, -0.2) is 77.4 Å². The number of rotatable bonds is 19. The van der Waals surface area contributed by atoms with E-state index in [-0.39, 0.29) is 43.2 Å². The molecule has 2 atom stereocenters. The van der Waals surface area contributed by atoms with Gasteiger partial charge in [-0.2, -0.15) is 0 Å². The van der Waals surface area contributed by atoms with Gasteiger partial charge in [0.15, 0.2) is 0 Å². The van der Waals surface area contributed by atoms with E-state index < -0.39 is 29.9 Å². The molecule has 1 aliphatic rings. The topological polar surface area (TPSA) is 209 Å². The van der Waals surface area contributed by atoms with Crippen molar-refractivity contribution < 1.29 is 38.6 Å². The number of carbonyl (C=O) groups excluding carboxylic acids is 6. The molecule has 44 heavy (non-hydrogen) atoms. The number of imide groups is 1. The van der Waals surface area contributed by atoms with Gasteiger partial charge in [-0.1, -0.05) is 32.8 Å². The van der Waals surface area contributed by atoms with E-state index in [0.29, 0.717) is 49.4 Å². The molecular formula is C30H44N6O8. The number of unbranched alkanes of at least 4 members (excludes halogenated alkanes) is 3. The molecule has 242 valence electrons. The van der Waals surface area contributed by atoms with Gasteiger partial charge in [0.25, 0.3) is 11.8 Å². The second-order valence-electron chi connectivity index (χ2n) is 10.8. The van der Waals surface area contributed by atoms with Crippen LogP contribution >= 0.6 is 0 Å². The van der Waals surface area contributed by atoms with E-state index in [1.165, 1.54) is 24.0 Å². The highest BCUT2D eigenvalue weighted by molar-refractivity contribution is 6.12. The Morgan fingerprint density at radius 1 is 0.955 bits per heavy atom. The molecule has 0 bridgehead atoms. The zero-order chi connectivity index (χ0) is 32.6. The number of ether oxygens (including phenoxy) is 1. The van der Waals surface area contributed by atoms with Crippen molar-refractivity contribution >= 4 is 41.3 Å². The summed E-state index contributed by atoms with van der Waals surface area (Å²) >= 11 is 0. The van der Waals surface area contributed by atoms with Gasteiger partial charge in [-0.15, -0.1) is 0 Å². The molecule has 0 radical (unpaired) electrons. The van der Waals surface area contributed by atoms with Gasteiger partial charge < -0.3 is 36.8 Å². The zero-order valence-corrected chi connectivity index (χ0v) is 25.5. The lowest BCUT2D eigenvalue weighted by molar-refractivity contribution is -0.137. The third-order valence-corrected chi connectivity index (χ3v) is 6.85. The molecule has 1 aliphatic heterocycles. The zero-order valence-electron chi connectivity index (χ0n) is 25.5. The smallest absolute Gasteiger partial charge is 0.312 e. The molecule has 14 heteroatoms. The molecular weight excluding hydrogens is 572 g/mol. The third kappa shape index (κ3) is 12.0. The first-order valence-electron chi connectivity index (χ1n) is 14.7. The molecule has 0 aromatic heterocycles. The highest BCUT2D eigenvalue weighted by Gasteiger charge is 2.28. The fraction of sp³-hybridized carbons (Fsp3) is 0.533. The van der Waals surface area contributed by atoms with Crippen molar-refractivity contribution in [1.82, 2.24) is 20.9 Å². The van der Waals surface area contributed by atoms with Gasteiger partial charge in [0, 0.05) is 49.5 Å². The monoisotopic (exact) mass is 616 g/mol. The van der Waals surface area contributed by atoms with Crippen LogP contribution in [0.1, 0.15) is 64.9 Å². The minimum Gasteiger partial charge on any atom is -0.493 e. The van der Waals surface area contributed by atoms with E-state index in [1.54, 1.807) is 32.0 Å². The molecule has 0 fully saturated rings. The van der Waals surface area contributed by atoms with Gasteiger partial charge in [-0.25, -0.2) is 4.79 Å². The van der Waals surface area contributed by atoms with E-state index in [9.17, 15) is 33.9 Å². The lowest BCUT2D eigenvalue weighted by Gasteiger charge is -2.25. The minimum absolute atomic E-state index is 0.178. The average molecular weight is 617 g/mol. The third-order valence-electron chi connectivity index (χ3n) is 6.85. The molecule has 14 nitrogen and oxygen atoms in total. The number of benzene rings is 1. The molecule has 0 saturated carbocycles. The Hall–Kier alpha value is -4.46. The molecule has 2 rings (SSSR count). The first kappa shape index (κ1) is 35.7. The summed E-state index contributed by atoms with van der Waals surface area (Å²) < 4.78 is 5.88. The summed E-state index contributed by atoms with van der Waals surface area (Å²) in [4.78, 5) is 73.4. The van der Waals surface area contributed by atoms with Crippen molar-refractivity contribution in [3.8, 4) is 5.75 Å². The standard InChI is InChI=1S/C30H44N6O8/c1-19(2)27(33-20(3)38)29(42)35-23(9-8-14-32-30(31)43)28(41)34-22-11-10-21(18-37)24(17-22)44-16-7-5-4-6-15-36-25(39)12-13-26(36)40/h10-13,17,19,23,27,37H,4-9,14-16,18H2,1-3H3,(H,33,38)(H,34,41)(H,35,42)(H3,31,32,43)/t23-,27-/m0/s1. The Morgan fingerprint density at radius 2 is 1.64 bits per heavy atom. The Bertz CT molecular complexity index is 1200. The summed E-state index contributed by atoms with van der Waals surface area (Å²) in [6, 6.07) is 2.27. The molecule has 0 saturated heterocycles. The van der Waals surface area contributed by atoms with Crippen LogP contribution in [0.2, 0.25) is 0 Å². The van der Waals surface area contributed by atoms with Crippen LogP contribution < -0.4 is 31.7 Å². The van der Waals surface area contributed by atoms with Crippen molar-refractivity contribution in [3.05, 3.63) is 35.9 Å². The number of nitrogens with one attached hydrogen (secondary N) is 4. The van der Waals surface area contributed by atoms with Crippen LogP contribution in [0.4, 0.5) is 10.5 Å². The predicted octanol–water partition coefficient (Wildman–Crippen LogP) is 1.08. The number of primary amides is 1. The van der Waals surface area contributed by atoms with Gasteiger partial charge in [0.2, 0.25) is 17.7 Å². The van der Waals surface area contributed by atoms with E-state index in [1.807, 2.05) is 0 Å². The summed E-state index contributed by atoms with van der Waals surface area (Å²) in [5.41, 5.74) is 6.02. The Morgan fingerprint density at radius 3 is 2.25 bits per heavy atom. The van der Waals surface area contributed by atoms with Crippen LogP contribution in [0, 0.1) is 5.92 Å². The Kier molecular flexibility index (Phi) is 14.8. The second kappa shape index (κ2) is 18.3.